The Morgan fingerprint density at radius 1 is 1.03 bits per heavy atom. The fourth-order valence-corrected chi connectivity index (χ4v) is 3.89. The van der Waals surface area contributed by atoms with Crippen LogP contribution in [0.25, 0.3) is 0 Å². The van der Waals surface area contributed by atoms with E-state index in [1.165, 1.54) is 43.5 Å². The van der Waals surface area contributed by atoms with Gasteiger partial charge in [-0.25, -0.2) is 4.99 Å². The van der Waals surface area contributed by atoms with Crippen molar-refractivity contribution in [2.24, 2.45) is 4.99 Å². The van der Waals surface area contributed by atoms with Crippen molar-refractivity contribution in [1.82, 2.24) is 15.5 Å². The molecule has 2 aromatic rings. The van der Waals surface area contributed by atoms with Crippen molar-refractivity contribution >= 4 is 29.9 Å². The number of piperidine rings is 1. The molecule has 0 aliphatic carbocycles. The van der Waals surface area contributed by atoms with E-state index >= 15 is 0 Å². The number of nitrogens with one attached hydrogen (secondary N) is 2. The van der Waals surface area contributed by atoms with E-state index in [0.29, 0.717) is 25.3 Å². The Bertz CT molecular complexity index is 836. The van der Waals surface area contributed by atoms with Crippen LogP contribution >= 0.6 is 24.0 Å². The van der Waals surface area contributed by atoms with Gasteiger partial charge in [0.1, 0.15) is 0 Å². The van der Waals surface area contributed by atoms with Gasteiger partial charge in [-0.3, -0.25) is 4.90 Å². The number of likely N-dealkylation sites (tertiary alicyclic amines) is 1. The fraction of sp³-hybridized carbons (Fsp3) is 0.480. The summed E-state index contributed by atoms with van der Waals surface area (Å²) >= 11 is 0. The minimum absolute atomic E-state index is 0. The molecule has 0 unspecified atom stereocenters. The number of nitrogens with zero attached hydrogens (tertiary/aromatic N) is 2. The zero-order valence-electron chi connectivity index (χ0n) is 19.3. The average Bonchev–Trinajstić information content (AvgIpc) is 2.80. The maximum absolute atomic E-state index is 10.2. The van der Waals surface area contributed by atoms with Gasteiger partial charge in [-0.2, -0.15) is 0 Å². The summed E-state index contributed by atoms with van der Waals surface area (Å²) in [5, 5.41) is 16.9. The molecule has 0 radical (unpaired) electrons. The van der Waals surface area contributed by atoms with Gasteiger partial charge in [0.2, 0.25) is 0 Å². The molecule has 0 bridgehead atoms. The van der Waals surface area contributed by atoms with Crippen molar-refractivity contribution in [2.75, 3.05) is 33.3 Å². The smallest absolute Gasteiger partial charge is 0.191 e. The minimum atomic E-state index is 0. The van der Waals surface area contributed by atoms with Gasteiger partial charge in [-0.1, -0.05) is 42.8 Å². The Kier molecular flexibility index (Phi) is 11.7. The molecule has 7 heteroatoms. The van der Waals surface area contributed by atoms with Gasteiger partial charge in [-0.05, 0) is 62.0 Å². The normalized spacial score (nSPS) is 14.5. The third kappa shape index (κ3) is 8.16. The molecule has 2 aromatic carbocycles. The molecule has 0 aromatic heterocycles. The van der Waals surface area contributed by atoms with Crippen LogP contribution < -0.4 is 15.4 Å². The van der Waals surface area contributed by atoms with Crippen molar-refractivity contribution in [2.45, 2.75) is 45.7 Å². The van der Waals surface area contributed by atoms with E-state index in [4.69, 9.17) is 9.73 Å². The van der Waals surface area contributed by atoms with Gasteiger partial charge in [-0.15, -0.1) is 24.0 Å². The second-order valence-corrected chi connectivity index (χ2v) is 7.99. The van der Waals surface area contributed by atoms with Gasteiger partial charge >= 0.3 is 0 Å². The maximum atomic E-state index is 10.2. The first-order chi connectivity index (χ1) is 15.2. The summed E-state index contributed by atoms with van der Waals surface area (Å²) in [4.78, 5) is 7.26. The van der Waals surface area contributed by atoms with E-state index in [1.807, 2.05) is 12.1 Å². The average molecular weight is 553 g/mol. The number of para-hydroxylation sites is 1. The number of benzene rings is 2. The number of hydrogen-bond donors (Lipinski definition) is 3. The molecule has 176 valence electrons. The second kappa shape index (κ2) is 14.2. The predicted molar refractivity (Wildman–Crippen MR) is 142 cm³/mol. The van der Waals surface area contributed by atoms with Crippen molar-refractivity contribution in [3.05, 3.63) is 59.2 Å². The molecule has 0 amide bonds. The van der Waals surface area contributed by atoms with Crippen LogP contribution in [0.4, 0.5) is 0 Å². The summed E-state index contributed by atoms with van der Waals surface area (Å²) in [6.07, 6.45) is 4.70. The first-order valence-electron chi connectivity index (χ1n) is 11.4. The number of aromatic hydroxyl groups is 1. The predicted octanol–water partition coefficient (Wildman–Crippen LogP) is 4.30. The van der Waals surface area contributed by atoms with Crippen LogP contribution in [0.2, 0.25) is 0 Å². The Hall–Kier alpha value is -2.00. The molecule has 0 atom stereocenters. The zero-order valence-corrected chi connectivity index (χ0v) is 21.6. The van der Waals surface area contributed by atoms with Gasteiger partial charge in [0, 0.05) is 19.6 Å². The first-order valence-corrected chi connectivity index (χ1v) is 11.4. The van der Waals surface area contributed by atoms with Crippen LogP contribution in [0.15, 0.2) is 47.5 Å². The van der Waals surface area contributed by atoms with Crippen LogP contribution in [-0.2, 0) is 19.5 Å². The molecule has 1 aliphatic heterocycles. The van der Waals surface area contributed by atoms with E-state index in [-0.39, 0.29) is 29.7 Å². The first kappa shape index (κ1) is 26.3. The summed E-state index contributed by atoms with van der Waals surface area (Å²) in [5.41, 5.74) is 3.43. The number of halogens is 1. The number of ether oxygens (including phenoxy) is 1. The third-order valence-electron chi connectivity index (χ3n) is 5.63. The van der Waals surface area contributed by atoms with E-state index < -0.39 is 0 Å². The Morgan fingerprint density at radius 2 is 1.75 bits per heavy atom. The highest BCUT2D eigenvalue weighted by molar-refractivity contribution is 14.0. The minimum Gasteiger partial charge on any atom is -0.504 e. The second-order valence-electron chi connectivity index (χ2n) is 7.99. The van der Waals surface area contributed by atoms with Crippen LogP contribution in [0.5, 0.6) is 11.5 Å². The van der Waals surface area contributed by atoms with Crippen molar-refractivity contribution in [3.8, 4) is 11.5 Å². The summed E-state index contributed by atoms with van der Waals surface area (Å²) < 4.78 is 5.18. The number of methoxy groups -OCH3 is 1. The van der Waals surface area contributed by atoms with Gasteiger partial charge in [0.25, 0.3) is 0 Å². The van der Waals surface area contributed by atoms with Crippen molar-refractivity contribution < 1.29 is 9.84 Å². The lowest BCUT2D eigenvalue weighted by Gasteiger charge is -2.26. The molecule has 3 rings (SSSR count). The molecule has 1 aliphatic rings. The van der Waals surface area contributed by atoms with E-state index in [0.717, 1.165) is 24.6 Å². The number of aliphatic imine (C=N–C) groups is 1. The molecule has 32 heavy (non-hydrogen) atoms. The Labute approximate surface area is 209 Å². The van der Waals surface area contributed by atoms with E-state index in [2.05, 4.69) is 46.7 Å². The van der Waals surface area contributed by atoms with Crippen LogP contribution in [-0.4, -0.2) is 49.3 Å². The van der Waals surface area contributed by atoms with Gasteiger partial charge < -0.3 is 20.5 Å². The fourth-order valence-electron chi connectivity index (χ4n) is 3.89. The SMILES string of the molecule is CCNC(=NCc1ccc(CN2CCCCC2)cc1)NCCc1cccc(OC)c1O.I. The lowest BCUT2D eigenvalue weighted by molar-refractivity contribution is 0.221. The highest BCUT2D eigenvalue weighted by atomic mass is 127. The molecular formula is C25H37IN4O2. The zero-order chi connectivity index (χ0) is 21.9. The molecule has 1 fully saturated rings. The highest BCUT2D eigenvalue weighted by Gasteiger charge is 2.10. The number of phenolic OH excluding ortho intramolecular Hbond substituents is 1. The van der Waals surface area contributed by atoms with Gasteiger partial charge in [0.15, 0.2) is 17.5 Å². The highest BCUT2D eigenvalue weighted by Crippen LogP contribution is 2.29. The van der Waals surface area contributed by atoms with Crippen molar-refractivity contribution in [1.29, 1.82) is 0 Å². The summed E-state index contributed by atoms with van der Waals surface area (Å²) in [7, 11) is 1.56. The molecular weight excluding hydrogens is 515 g/mol. The molecule has 0 saturated carbocycles. The van der Waals surface area contributed by atoms with Crippen LogP contribution in [0.3, 0.4) is 0 Å². The Balaban J connectivity index is 0.00000363. The molecule has 3 N–H and O–H groups in total. The number of guanidine groups is 1. The van der Waals surface area contributed by atoms with E-state index in [9.17, 15) is 5.11 Å². The standard InChI is InChI=1S/C25H36N4O2.HI/c1-3-26-25(27-15-14-22-8-7-9-23(31-2)24(22)30)28-18-20-10-12-21(13-11-20)19-29-16-5-4-6-17-29;/h7-13,30H,3-6,14-19H2,1-2H3,(H2,26,27,28);1H. The quantitative estimate of drug-likeness (QED) is 0.246. The largest absolute Gasteiger partial charge is 0.504 e. The molecule has 0 spiro atoms. The summed E-state index contributed by atoms with van der Waals surface area (Å²) in [5.74, 6) is 1.49. The maximum Gasteiger partial charge on any atom is 0.191 e. The lowest BCUT2D eigenvalue weighted by Crippen LogP contribution is -2.38. The monoisotopic (exact) mass is 552 g/mol. The van der Waals surface area contributed by atoms with Crippen LogP contribution in [0, 0.1) is 0 Å². The Morgan fingerprint density at radius 3 is 2.44 bits per heavy atom. The number of phenols is 1. The molecule has 6 nitrogen and oxygen atoms in total. The summed E-state index contributed by atoms with van der Waals surface area (Å²) in [6, 6.07) is 14.4. The summed E-state index contributed by atoms with van der Waals surface area (Å²) in [6.45, 7) is 7.63. The van der Waals surface area contributed by atoms with E-state index in [1.54, 1.807) is 13.2 Å². The number of hydrogen-bond acceptors (Lipinski definition) is 4. The van der Waals surface area contributed by atoms with Crippen molar-refractivity contribution in [3.63, 3.8) is 0 Å². The molecule has 1 saturated heterocycles. The van der Waals surface area contributed by atoms with Gasteiger partial charge in [0.05, 0.1) is 13.7 Å². The number of rotatable bonds is 9. The topological polar surface area (TPSA) is 69.1 Å². The van der Waals surface area contributed by atoms with Crippen LogP contribution in [0.1, 0.15) is 42.9 Å². The lowest BCUT2D eigenvalue weighted by atomic mass is 10.1. The molecule has 1 heterocycles. The third-order valence-corrected chi connectivity index (χ3v) is 5.63.